The smallest absolute Gasteiger partial charge is 0.407 e. The van der Waals surface area contributed by atoms with Crippen molar-refractivity contribution in [1.82, 2.24) is 19.4 Å². The van der Waals surface area contributed by atoms with Gasteiger partial charge in [0.05, 0.1) is 28.5 Å². The second-order valence-electron chi connectivity index (χ2n) is 12.1. The van der Waals surface area contributed by atoms with Gasteiger partial charge >= 0.3 is 6.09 Å². The van der Waals surface area contributed by atoms with E-state index in [0.29, 0.717) is 54.7 Å². The first-order chi connectivity index (χ1) is 21.8. The Balaban J connectivity index is 1.48. The molecule has 1 amide bonds. The summed E-state index contributed by atoms with van der Waals surface area (Å²) in [7, 11) is -3.17. The zero-order valence-corrected chi connectivity index (χ0v) is 27.0. The highest BCUT2D eigenvalue weighted by Crippen LogP contribution is 2.44. The molecule has 5 rings (SSSR count). The number of hydrogen-bond acceptors (Lipinski definition) is 7. The molecule has 1 atom stereocenters. The Bertz CT molecular complexity index is 1750. The van der Waals surface area contributed by atoms with Gasteiger partial charge in [-0.2, -0.15) is 0 Å². The summed E-state index contributed by atoms with van der Waals surface area (Å²) in [5.74, 6) is -5.44. The SMILES string of the molecule is CC(Nc1ncnc2c1cc(C1CCS(=O)(=O)CC1)c(=O)n2CCCCCl)c1cccc(C(F)(F)C2CCN(C(=O)O)CC2)c1F. The standard InChI is InChI=1S/C31H37ClF3N5O5S/c1-19(22-5-4-6-25(26(22)33)31(34,35)21-7-13-39(14-8-21)30(42)43)38-27-24-17-23(20-9-15-46(44,45)16-10-20)29(41)40(12-3-2-11-32)28(24)37-18-36-27/h4-6,17-21H,2-3,7-16H2,1H3,(H,42,43)(H,36,37,38). The number of carbonyl (C=O) groups is 1. The number of anilines is 1. The van der Waals surface area contributed by atoms with Crippen molar-refractivity contribution in [3.8, 4) is 0 Å². The number of halogens is 4. The molecule has 4 heterocycles. The lowest BCUT2D eigenvalue weighted by Crippen LogP contribution is -2.42. The maximum Gasteiger partial charge on any atom is 0.407 e. The van der Waals surface area contributed by atoms with Crippen LogP contribution in [0.15, 0.2) is 35.4 Å². The number of nitrogens with one attached hydrogen (secondary N) is 1. The molecule has 2 aliphatic heterocycles. The monoisotopic (exact) mass is 683 g/mol. The summed E-state index contributed by atoms with van der Waals surface area (Å²) in [4.78, 5) is 34.7. The van der Waals surface area contributed by atoms with Crippen LogP contribution in [0.4, 0.5) is 23.8 Å². The van der Waals surface area contributed by atoms with Crippen molar-refractivity contribution in [3.63, 3.8) is 0 Å². The molecule has 0 aliphatic carbocycles. The highest BCUT2D eigenvalue weighted by atomic mass is 35.5. The quantitative estimate of drug-likeness (QED) is 0.199. The second kappa shape index (κ2) is 13.8. The van der Waals surface area contributed by atoms with Gasteiger partial charge in [0.2, 0.25) is 0 Å². The van der Waals surface area contributed by atoms with Crippen molar-refractivity contribution < 1.29 is 31.5 Å². The molecule has 0 spiro atoms. The van der Waals surface area contributed by atoms with Crippen LogP contribution in [-0.4, -0.2) is 69.5 Å². The largest absolute Gasteiger partial charge is 0.465 e. The van der Waals surface area contributed by atoms with E-state index in [-0.39, 0.29) is 60.3 Å². The predicted octanol–water partition coefficient (Wildman–Crippen LogP) is 5.90. The van der Waals surface area contributed by atoms with Crippen LogP contribution in [0.1, 0.15) is 74.1 Å². The van der Waals surface area contributed by atoms with Gasteiger partial charge in [-0.05, 0) is 57.4 Å². The molecule has 0 saturated carbocycles. The number of benzene rings is 1. The molecule has 2 aromatic heterocycles. The number of fused-ring (bicyclic) bond motifs is 1. The normalized spacial score (nSPS) is 18.5. The van der Waals surface area contributed by atoms with E-state index in [0.717, 1.165) is 11.0 Å². The van der Waals surface area contributed by atoms with Crippen LogP contribution in [0.5, 0.6) is 0 Å². The fourth-order valence-corrected chi connectivity index (χ4v) is 8.14. The number of amides is 1. The van der Waals surface area contributed by atoms with Gasteiger partial charge in [-0.15, -0.1) is 11.6 Å². The van der Waals surface area contributed by atoms with Gasteiger partial charge in [0.15, 0.2) is 0 Å². The summed E-state index contributed by atoms with van der Waals surface area (Å²) < 4.78 is 72.9. The first kappa shape index (κ1) is 34.0. The maximum absolute atomic E-state index is 15.9. The lowest BCUT2D eigenvalue weighted by atomic mass is 9.85. The predicted molar refractivity (Wildman–Crippen MR) is 169 cm³/mol. The fraction of sp³-hybridized carbons (Fsp3) is 0.548. The number of aryl methyl sites for hydroxylation is 1. The molecular formula is C31H37ClF3N5O5S. The van der Waals surface area contributed by atoms with Gasteiger partial charge in [-0.1, -0.05) is 18.2 Å². The molecule has 1 unspecified atom stereocenters. The summed E-state index contributed by atoms with van der Waals surface area (Å²) in [6.07, 6.45) is 1.79. The third-order valence-electron chi connectivity index (χ3n) is 9.16. The van der Waals surface area contributed by atoms with Crippen molar-refractivity contribution in [3.05, 3.63) is 63.5 Å². The van der Waals surface area contributed by atoms with E-state index < -0.39 is 45.2 Å². The maximum atomic E-state index is 15.9. The van der Waals surface area contributed by atoms with E-state index in [1.54, 1.807) is 13.0 Å². The number of rotatable bonds is 10. The summed E-state index contributed by atoms with van der Waals surface area (Å²) in [5, 5.41) is 12.8. The molecule has 0 bridgehead atoms. The molecule has 15 heteroatoms. The van der Waals surface area contributed by atoms with Gasteiger partial charge in [0, 0.05) is 42.6 Å². The number of likely N-dealkylation sites (tertiary alicyclic amines) is 1. The third kappa shape index (κ3) is 6.97. The van der Waals surface area contributed by atoms with Crippen LogP contribution in [0.3, 0.4) is 0 Å². The van der Waals surface area contributed by atoms with Gasteiger partial charge in [0.1, 0.15) is 33.4 Å². The number of sulfone groups is 1. The van der Waals surface area contributed by atoms with Crippen LogP contribution >= 0.6 is 11.6 Å². The zero-order chi connectivity index (χ0) is 33.2. The van der Waals surface area contributed by atoms with E-state index >= 15 is 13.2 Å². The number of piperidine rings is 1. The summed E-state index contributed by atoms with van der Waals surface area (Å²) >= 11 is 5.88. The minimum absolute atomic E-state index is 0.0138. The first-order valence-electron chi connectivity index (χ1n) is 15.4. The molecule has 10 nitrogen and oxygen atoms in total. The van der Waals surface area contributed by atoms with Crippen LogP contribution in [0.25, 0.3) is 11.0 Å². The highest BCUT2D eigenvalue weighted by Gasteiger charge is 2.45. The molecular weight excluding hydrogens is 647 g/mol. The van der Waals surface area contributed by atoms with Crippen LogP contribution in [0.2, 0.25) is 0 Å². The molecule has 0 radical (unpaired) electrons. The average molecular weight is 684 g/mol. The van der Waals surface area contributed by atoms with Crippen molar-refractivity contribution in [2.75, 3.05) is 35.8 Å². The fourth-order valence-electron chi connectivity index (χ4n) is 6.46. The Morgan fingerprint density at radius 2 is 1.85 bits per heavy atom. The molecule has 250 valence electrons. The number of pyridine rings is 1. The number of unbranched alkanes of at least 4 members (excludes halogenated alkanes) is 1. The second-order valence-corrected chi connectivity index (χ2v) is 14.8. The Labute approximate surface area is 269 Å². The number of nitrogens with zero attached hydrogens (tertiary/aromatic N) is 4. The molecule has 3 aromatic rings. The first-order valence-corrected chi connectivity index (χ1v) is 17.8. The Kier molecular flexibility index (Phi) is 10.2. The molecule has 2 fully saturated rings. The average Bonchev–Trinajstić information content (AvgIpc) is 3.02. The van der Waals surface area contributed by atoms with E-state index in [1.165, 1.54) is 23.0 Å². The lowest BCUT2D eigenvalue weighted by molar-refractivity contribution is -0.0861. The van der Waals surface area contributed by atoms with E-state index in [9.17, 15) is 18.0 Å². The summed E-state index contributed by atoms with van der Waals surface area (Å²) in [6, 6.07) is 4.68. The van der Waals surface area contributed by atoms with Gasteiger partial charge in [0.25, 0.3) is 11.5 Å². The topological polar surface area (TPSA) is 134 Å². The number of hydrogen-bond donors (Lipinski definition) is 2. The summed E-state index contributed by atoms with van der Waals surface area (Å²) in [6.45, 7) is 1.84. The highest BCUT2D eigenvalue weighted by molar-refractivity contribution is 7.91. The van der Waals surface area contributed by atoms with E-state index in [4.69, 9.17) is 16.7 Å². The molecule has 2 N–H and O–H groups in total. The van der Waals surface area contributed by atoms with Crippen molar-refractivity contribution in [2.45, 2.75) is 69.9 Å². The van der Waals surface area contributed by atoms with Gasteiger partial charge in [-0.25, -0.2) is 36.4 Å². The van der Waals surface area contributed by atoms with Gasteiger partial charge in [-0.3, -0.25) is 9.36 Å². The third-order valence-corrected chi connectivity index (χ3v) is 11.1. The van der Waals surface area contributed by atoms with E-state index in [1.807, 2.05) is 0 Å². The Morgan fingerprint density at radius 1 is 1.15 bits per heavy atom. The van der Waals surface area contributed by atoms with Crippen molar-refractivity contribution in [2.24, 2.45) is 5.92 Å². The van der Waals surface area contributed by atoms with Crippen molar-refractivity contribution in [1.29, 1.82) is 0 Å². The minimum Gasteiger partial charge on any atom is -0.465 e. The lowest BCUT2D eigenvalue weighted by Gasteiger charge is -2.35. The minimum atomic E-state index is -3.52. The number of aromatic nitrogens is 3. The zero-order valence-electron chi connectivity index (χ0n) is 25.4. The molecule has 2 saturated heterocycles. The van der Waals surface area contributed by atoms with Gasteiger partial charge < -0.3 is 15.3 Å². The van der Waals surface area contributed by atoms with Crippen LogP contribution in [-0.2, 0) is 22.3 Å². The molecule has 2 aliphatic rings. The molecule has 1 aromatic carbocycles. The van der Waals surface area contributed by atoms with Crippen LogP contribution in [0, 0.1) is 11.7 Å². The number of alkyl halides is 3. The van der Waals surface area contributed by atoms with Crippen LogP contribution < -0.4 is 10.9 Å². The molecule has 46 heavy (non-hydrogen) atoms. The Morgan fingerprint density at radius 3 is 2.50 bits per heavy atom. The Hall–Kier alpha value is -3.39. The number of carboxylic acid groups (broad SMARTS) is 1. The van der Waals surface area contributed by atoms with Crippen molar-refractivity contribution >= 4 is 44.4 Å². The van der Waals surface area contributed by atoms with E-state index in [2.05, 4.69) is 15.3 Å². The summed E-state index contributed by atoms with van der Waals surface area (Å²) in [5.41, 5.74) is -0.243.